The second-order valence-electron chi connectivity index (χ2n) is 6.38. The minimum atomic E-state index is -1.07. The Kier molecular flexibility index (Phi) is 2.71. The average Bonchev–Trinajstić information content (AvgIpc) is 2.88. The van der Waals surface area contributed by atoms with Crippen molar-refractivity contribution in [2.75, 3.05) is 0 Å². The van der Waals surface area contributed by atoms with Gasteiger partial charge in [-0.25, -0.2) is 4.79 Å². The summed E-state index contributed by atoms with van der Waals surface area (Å²) < 4.78 is 11.9. The molecular weight excluding hydrogens is 320 g/mol. The first-order chi connectivity index (χ1) is 12.1. The Morgan fingerprint density at radius 1 is 1.04 bits per heavy atom. The molecule has 0 fully saturated rings. The number of hydrogen-bond donors (Lipinski definition) is 2. The summed E-state index contributed by atoms with van der Waals surface area (Å²) in [6.45, 7) is 0. The first kappa shape index (κ1) is 14.3. The Morgan fingerprint density at radius 2 is 1.88 bits per heavy atom. The Hall–Kier alpha value is -3.05. The van der Waals surface area contributed by atoms with E-state index in [1.54, 1.807) is 36.4 Å². The van der Waals surface area contributed by atoms with E-state index in [4.69, 9.17) is 9.47 Å². The highest BCUT2D eigenvalue weighted by Gasteiger charge is 2.57. The third-order valence-corrected chi connectivity index (χ3v) is 4.97. The number of fused-ring (bicyclic) bond motifs is 6. The van der Waals surface area contributed by atoms with Gasteiger partial charge in [0.1, 0.15) is 17.3 Å². The summed E-state index contributed by atoms with van der Waals surface area (Å²) in [5, 5.41) is 19.8. The van der Waals surface area contributed by atoms with Gasteiger partial charge in [-0.05, 0) is 24.3 Å². The van der Waals surface area contributed by atoms with E-state index in [9.17, 15) is 15.0 Å². The number of rotatable bonds is 0. The maximum atomic E-state index is 12.5. The van der Waals surface area contributed by atoms with E-state index < -0.39 is 17.7 Å². The first-order valence-electron chi connectivity index (χ1n) is 8.02. The van der Waals surface area contributed by atoms with Crippen molar-refractivity contribution in [1.29, 1.82) is 0 Å². The summed E-state index contributed by atoms with van der Waals surface area (Å²) in [6.07, 6.45) is 4.29. The Balaban J connectivity index is 1.85. The van der Waals surface area contributed by atoms with E-state index >= 15 is 0 Å². The van der Waals surface area contributed by atoms with Crippen LogP contribution in [-0.2, 0) is 10.3 Å². The predicted molar refractivity (Wildman–Crippen MR) is 88.1 cm³/mol. The zero-order valence-corrected chi connectivity index (χ0v) is 13.0. The molecule has 3 unspecified atom stereocenters. The van der Waals surface area contributed by atoms with Crippen molar-refractivity contribution in [2.24, 2.45) is 5.92 Å². The fraction of sp³-hybridized carbons (Fsp3) is 0.150. The molecule has 25 heavy (non-hydrogen) atoms. The first-order valence-corrected chi connectivity index (χ1v) is 8.02. The second-order valence-corrected chi connectivity index (χ2v) is 6.38. The monoisotopic (exact) mass is 334 g/mol. The predicted octanol–water partition coefficient (Wildman–Crippen LogP) is 2.63. The smallest absolute Gasteiger partial charge is 0.339 e. The van der Waals surface area contributed by atoms with Crippen LogP contribution >= 0.6 is 0 Å². The number of ether oxygens (including phenoxy) is 2. The van der Waals surface area contributed by atoms with E-state index in [1.165, 1.54) is 6.07 Å². The van der Waals surface area contributed by atoms with Gasteiger partial charge in [-0.1, -0.05) is 30.4 Å². The minimum Gasteiger partial charge on any atom is -0.508 e. The standard InChI is InChI=1S/C20H14O5/c21-11-5-7-15-17(9-11)24-18-10-12(22)6-8-16(18)20(15)14-4-2-1-3-13(14)19(23)25-20/h1-11,15,21-22H. The molecule has 5 rings (SSSR count). The molecule has 124 valence electrons. The number of hydrogen-bond acceptors (Lipinski definition) is 5. The van der Waals surface area contributed by atoms with Crippen LogP contribution in [0.3, 0.4) is 0 Å². The largest absolute Gasteiger partial charge is 0.508 e. The van der Waals surface area contributed by atoms with Crippen LogP contribution in [0, 0.1) is 5.92 Å². The summed E-state index contributed by atoms with van der Waals surface area (Å²) in [6, 6.07) is 12.0. The van der Waals surface area contributed by atoms with Gasteiger partial charge >= 0.3 is 5.97 Å². The third kappa shape index (κ3) is 1.78. The van der Waals surface area contributed by atoms with Gasteiger partial charge in [0.2, 0.25) is 0 Å². The summed E-state index contributed by atoms with van der Waals surface area (Å²) in [4.78, 5) is 12.5. The molecule has 0 saturated heterocycles. The molecule has 0 amide bonds. The molecule has 2 heterocycles. The quantitative estimate of drug-likeness (QED) is 0.572. The van der Waals surface area contributed by atoms with E-state index in [2.05, 4.69) is 0 Å². The molecule has 1 spiro atoms. The van der Waals surface area contributed by atoms with Gasteiger partial charge in [0.05, 0.1) is 17.6 Å². The van der Waals surface area contributed by atoms with Crippen LogP contribution in [0.5, 0.6) is 11.5 Å². The number of carbonyl (C=O) groups is 1. The highest BCUT2D eigenvalue weighted by molar-refractivity contribution is 5.96. The fourth-order valence-electron chi connectivity index (χ4n) is 3.95. The van der Waals surface area contributed by atoms with Gasteiger partial charge in [0, 0.05) is 17.2 Å². The highest BCUT2D eigenvalue weighted by Crippen LogP contribution is 2.56. The van der Waals surface area contributed by atoms with Crippen LogP contribution in [0.25, 0.3) is 0 Å². The molecule has 0 aromatic heterocycles. The van der Waals surface area contributed by atoms with E-state index in [0.717, 1.165) is 5.56 Å². The summed E-state index contributed by atoms with van der Waals surface area (Å²) >= 11 is 0. The number of phenols is 1. The van der Waals surface area contributed by atoms with Crippen LogP contribution in [0.15, 0.2) is 66.5 Å². The van der Waals surface area contributed by atoms with Crippen LogP contribution < -0.4 is 4.74 Å². The lowest BCUT2D eigenvalue weighted by molar-refractivity contribution is -0.0154. The molecule has 2 N–H and O–H groups in total. The van der Waals surface area contributed by atoms with Crippen molar-refractivity contribution >= 4 is 5.97 Å². The Morgan fingerprint density at radius 3 is 2.76 bits per heavy atom. The van der Waals surface area contributed by atoms with E-state index in [0.29, 0.717) is 22.6 Å². The third-order valence-electron chi connectivity index (χ3n) is 4.97. The molecule has 5 heteroatoms. The SMILES string of the molecule is O=C1OC2(c3ccc(O)cc3OC3=CC(O)C=CC32)c2ccccc21. The highest BCUT2D eigenvalue weighted by atomic mass is 16.6. The molecule has 3 atom stereocenters. The van der Waals surface area contributed by atoms with Crippen LogP contribution in [-0.4, -0.2) is 22.3 Å². The lowest BCUT2D eigenvalue weighted by atomic mass is 9.71. The van der Waals surface area contributed by atoms with Crippen molar-refractivity contribution in [2.45, 2.75) is 11.7 Å². The van der Waals surface area contributed by atoms with Crippen molar-refractivity contribution in [3.05, 3.63) is 83.1 Å². The van der Waals surface area contributed by atoms with Gasteiger partial charge in [0.15, 0.2) is 5.60 Å². The summed E-state index contributed by atoms with van der Waals surface area (Å²) in [5.41, 5.74) is 0.874. The number of aromatic hydroxyl groups is 1. The number of benzene rings is 2. The lowest BCUT2D eigenvalue weighted by Gasteiger charge is -2.42. The number of esters is 1. The molecular formula is C20H14O5. The summed E-state index contributed by atoms with van der Waals surface area (Å²) in [7, 11) is 0. The molecule has 1 aliphatic carbocycles. The molecule has 0 radical (unpaired) electrons. The molecule has 0 bridgehead atoms. The second kappa shape index (κ2) is 4.74. The van der Waals surface area contributed by atoms with Crippen molar-refractivity contribution in [3.63, 3.8) is 0 Å². The molecule has 2 aromatic rings. The Labute approximate surface area is 143 Å². The molecule has 3 aliphatic rings. The van der Waals surface area contributed by atoms with E-state index in [1.807, 2.05) is 18.2 Å². The fourth-order valence-corrected chi connectivity index (χ4v) is 3.95. The number of carbonyl (C=O) groups excluding carboxylic acids is 1. The van der Waals surface area contributed by atoms with E-state index in [-0.39, 0.29) is 11.7 Å². The maximum Gasteiger partial charge on any atom is 0.339 e. The van der Waals surface area contributed by atoms with Crippen LogP contribution in [0.1, 0.15) is 21.5 Å². The van der Waals surface area contributed by atoms with Gasteiger partial charge in [-0.15, -0.1) is 0 Å². The number of phenolic OH excluding ortho intramolecular Hbond substituents is 1. The zero-order valence-electron chi connectivity index (χ0n) is 13.0. The topological polar surface area (TPSA) is 76.0 Å². The van der Waals surface area contributed by atoms with Crippen LogP contribution in [0.4, 0.5) is 0 Å². The zero-order chi connectivity index (χ0) is 17.2. The summed E-state index contributed by atoms with van der Waals surface area (Å²) in [5.74, 6) is 0.181. The molecule has 2 aromatic carbocycles. The van der Waals surface area contributed by atoms with Gasteiger partial charge in [-0.3, -0.25) is 0 Å². The lowest BCUT2D eigenvalue weighted by Crippen LogP contribution is -2.43. The van der Waals surface area contributed by atoms with Gasteiger partial charge in [-0.2, -0.15) is 0 Å². The van der Waals surface area contributed by atoms with Crippen LogP contribution in [0.2, 0.25) is 0 Å². The van der Waals surface area contributed by atoms with Crippen molar-refractivity contribution < 1.29 is 24.5 Å². The number of aliphatic hydroxyl groups excluding tert-OH is 1. The van der Waals surface area contributed by atoms with Gasteiger partial charge in [0.25, 0.3) is 0 Å². The van der Waals surface area contributed by atoms with Crippen molar-refractivity contribution in [1.82, 2.24) is 0 Å². The molecule has 5 nitrogen and oxygen atoms in total. The maximum absolute atomic E-state index is 12.5. The number of aliphatic hydroxyl groups is 1. The molecule has 2 aliphatic heterocycles. The van der Waals surface area contributed by atoms with Crippen molar-refractivity contribution in [3.8, 4) is 11.5 Å². The minimum absolute atomic E-state index is 0.0532. The Bertz CT molecular complexity index is 974. The average molecular weight is 334 g/mol. The van der Waals surface area contributed by atoms with Gasteiger partial charge < -0.3 is 19.7 Å². The normalized spacial score (nSPS) is 28.5. The molecule has 0 saturated carbocycles.